The van der Waals surface area contributed by atoms with Gasteiger partial charge in [-0.1, -0.05) is 12.1 Å². The summed E-state index contributed by atoms with van der Waals surface area (Å²) in [5.41, 5.74) is 11.2. The molecule has 6 rings (SSSR count). The standard InChI is InChI=1S/C29H32N6O3/c1-38-22-5-4-21(31-15-22)13-27(36)34-10-8-29(9-11-34)16-35(17-29)26-7-3-19-12-20(2-6-23(19)26)24-14-25(28(30)37)33-18-32-24/h2,4-6,12,14-15,18,26H,3,7-11,13,16-17H2,1H3,(H2,30,37). The Kier molecular flexibility index (Phi) is 6.31. The lowest BCUT2D eigenvalue weighted by molar-refractivity contribution is -0.136. The Morgan fingerprint density at radius 1 is 1.08 bits per heavy atom. The van der Waals surface area contributed by atoms with E-state index in [1.807, 2.05) is 17.0 Å². The summed E-state index contributed by atoms with van der Waals surface area (Å²) >= 11 is 0. The van der Waals surface area contributed by atoms with Crippen LogP contribution < -0.4 is 10.5 Å². The van der Waals surface area contributed by atoms with Crippen LogP contribution in [0.3, 0.4) is 0 Å². The SMILES string of the molecule is COc1ccc(CC(=O)N2CCC3(CC2)CN(C2CCc4cc(-c5cc(C(N)=O)ncn5)ccc42)C3)nc1. The predicted molar refractivity (Wildman–Crippen MR) is 141 cm³/mol. The van der Waals surface area contributed by atoms with E-state index in [4.69, 9.17) is 10.5 Å². The highest BCUT2D eigenvalue weighted by Crippen LogP contribution is 2.48. The first-order valence-electron chi connectivity index (χ1n) is 13.2. The molecule has 0 saturated carbocycles. The summed E-state index contributed by atoms with van der Waals surface area (Å²) in [4.78, 5) is 41.6. The summed E-state index contributed by atoms with van der Waals surface area (Å²) in [5.74, 6) is 0.303. The van der Waals surface area contributed by atoms with Crippen molar-refractivity contribution in [2.75, 3.05) is 33.3 Å². The number of hydrogen-bond donors (Lipinski definition) is 1. The summed E-state index contributed by atoms with van der Waals surface area (Å²) in [6.45, 7) is 3.82. The molecule has 2 amide bonds. The number of hydrogen-bond acceptors (Lipinski definition) is 7. The van der Waals surface area contributed by atoms with Gasteiger partial charge in [-0.2, -0.15) is 0 Å². The fraction of sp³-hybridized carbons (Fsp3) is 0.414. The van der Waals surface area contributed by atoms with Crippen molar-refractivity contribution in [3.63, 3.8) is 0 Å². The molecule has 1 aromatic carbocycles. The van der Waals surface area contributed by atoms with Gasteiger partial charge >= 0.3 is 0 Å². The molecule has 2 N–H and O–H groups in total. The number of likely N-dealkylation sites (tertiary alicyclic amines) is 2. The fourth-order valence-electron chi connectivity index (χ4n) is 6.27. The van der Waals surface area contributed by atoms with Crippen molar-refractivity contribution in [1.29, 1.82) is 0 Å². The Balaban J connectivity index is 1.04. The van der Waals surface area contributed by atoms with Crippen molar-refractivity contribution in [2.45, 2.75) is 38.1 Å². The number of methoxy groups -OCH3 is 1. The Bertz CT molecular complexity index is 1360. The molecule has 1 spiro atoms. The maximum Gasteiger partial charge on any atom is 0.267 e. The number of aromatic nitrogens is 3. The number of nitrogens with two attached hydrogens (primary N) is 1. The van der Waals surface area contributed by atoms with E-state index in [-0.39, 0.29) is 11.6 Å². The molecule has 3 aliphatic rings. The lowest BCUT2D eigenvalue weighted by Gasteiger charge is -2.56. The summed E-state index contributed by atoms with van der Waals surface area (Å²) in [6.07, 6.45) is 7.65. The molecule has 4 heterocycles. The molecule has 2 saturated heterocycles. The van der Waals surface area contributed by atoms with Gasteiger partial charge in [0.2, 0.25) is 5.91 Å². The van der Waals surface area contributed by atoms with Crippen LogP contribution in [0.5, 0.6) is 5.75 Å². The average Bonchev–Trinajstić information content (AvgIpc) is 3.35. The minimum atomic E-state index is -0.550. The molecular weight excluding hydrogens is 480 g/mol. The van der Waals surface area contributed by atoms with E-state index < -0.39 is 5.91 Å². The highest BCUT2D eigenvalue weighted by molar-refractivity contribution is 5.91. The summed E-state index contributed by atoms with van der Waals surface area (Å²) < 4.78 is 5.15. The quantitative estimate of drug-likeness (QED) is 0.540. The third-order valence-corrected chi connectivity index (χ3v) is 8.46. The van der Waals surface area contributed by atoms with Crippen LogP contribution in [-0.2, 0) is 17.6 Å². The summed E-state index contributed by atoms with van der Waals surface area (Å²) in [7, 11) is 1.61. The number of rotatable bonds is 6. The van der Waals surface area contributed by atoms with Gasteiger partial charge in [0, 0.05) is 43.5 Å². The number of carbonyl (C=O) groups is 2. The topological polar surface area (TPSA) is 115 Å². The maximum atomic E-state index is 12.8. The number of carbonyl (C=O) groups excluding carboxylic acids is 2. The van der Waals surface area contributed by atoms with Gasteiger partial charge in [0.15, 0.2) is 0 Å². The number of primary amides is 1. The molecule has 1 atom stereocenters. The number of benzene rings is 1. The maximum absolute atomic E-state index is 12.8. The third-order valence-electron chi connectivity index (χ3n) is 8.46. The first-order chi connectivity index (χ1) is 18.4. The Morgan fingerprint density at radius 3 is 2.61 bits per heavy atom. The zero-order valence-corrected chi connectivity index (χ0v) is 21.6. The van der Waals surface area contributed by atoms with Gasteiger partial charge in [-0.15, -0.1) is 0 Å². The van der Waals surface area contributed by atoms with Gasteiger partial charge in [-0.3, -0.25) is 19.5 Å². The van der Waals surface area contributed by atoms with Crippen LogP contribution in [0.1, 0.15) is 52.6 Å². The average molecular weight is 513 g/mol. The molecule has 2 aromatic heterocycles. The number of pyridine rings is 1. The van der Waals surface area contributed by atoms with Crippen LogP contribution in [0, 0.1) is 5.41 Å². The number of nitrogens with zero attached hydrogens (tertiary/aromatic N) is 5. The van der Waals surface area contributed by atoms with Crippen molar-refractivity contribution in [2.24, 2.45) is 11.1 Å². The van der Waals surface area contributed by atoms with Gasteiger partial charge in [0.1, 0.15) is 17.8 Å². The van der Waals surface area contributed by atoms with Crippen LogP contribution in [0.4, 0.5) is 0 Å². The number of ether oxygens (including phenoxy) is 1. The number of amides is 2. The van der Waals surface area contributed by atoms with Crippen molar-refractivity contribution in [3.05, 3.63) is 71.4 Å². The number of aryl methyl sites for hydroxylation is 1. The van der Waals surface area contributed by atoms with Crippen molar-refractivity contribution < 1.29 is 14.3 Å². The monoisotopic (exact) mass is 512 g/mol. The zero-order chi connectivity index (χ0) is 26.3. The van der Waals surface area contributed by atoms with Crippen LogP contribution >= 0.6 is 0 Å². The molecule has 2 fully saturated rings. The summed E-state index contributed by atoms with van der Waals surface area (Å²) in [6, 6.07) is 12.3. The van der Waals surface area contributed by atoms with E-state index in [0.29, 0.717) is 29.3 Å². The Hall–Kier alpha value is -3.85. The lowest BCUT2D eigenvalue weighted by atomic mass is 9.71. The van der Waals surface area contributed by atoms with E-state index in [1.54, 1.807) is 19.4 Å². The van der Waals surface area contributed by atoms with E-state index in [1.165, 1.54) is 17.5 Å². The smallest absolute Gasteiger partial charge is 0.267 e. The molecule has 1 unspecified atom stereocenters. The molecule has 9 nitrogen and oxygen atoms in total. The van der Waals surface area contributed by atoms with Gasteiger partial charge < -0.3 is 15.4 Å². The fourth-order valence-corrected chi connectivity index (χ4v) is 6.27. The van der Waals surface area contributed by atoms with E-state index >= 15 is 0 Å². The van der Waals surface area contributed by atoms with E-state index in [2.05, 4.69) is 38.1 Å². The van der Waals surface area contributed by atoms with Crippen molar-refractivity contribution in [1.82, 2.24) is 24.8 Å². The highest BCUT2D eigenvalue weighted by atomic mass is 16.5. The minimum absolute atomic E-state index is 0.154. The first-order valence-corrected chi connectivity index (χ1v) is 13.2. The zero-order valence-electron chi connectivity index (χ0n) is 21.6. The second-order valence-corrected chi connectivity index (χ2v) is 10.8. The van der Waals surface area contributed by atoms with Crippen LogP contribution in [0.15, 0.2) is 48.9 Å². The van der Waals surface area contributed by atoms with Gasteiger partial charge in [0.25, 0.3) is 5.91 Å². The van der Waals surface area contributed by atoms with Crippen LogP contribution in [0.2, 0.25) is 0 Å². The second kappa shape index (κ2) is 9.79. The molecule has 196 valence electrons. The van der Waals surface area contributed by atoms with Crippen LogP contribution in [-0.4, -0.2) is 69.9 Å². The molecule has 3 aromatic rings. The summed E-state index contributed by atoms with van der Waals surface area (Å²) in [5, 5.41) is 0. The van der Waals surface area contributed by atoms with Crippen LogP contribution in [0.25, 0.3) is 11.3 Å². The van der Waals surface area contributed by atoms with Crippen molar-refractivity contribution >= 4 is 11.8 Å². The second-order valence-electron chi connectivity index (χ2n) is 10.8. The lowest BCUT2D eigenvalue weighted by Crippen LogP contribution is -2.61. The normalized spacial score (nSPS) is 20.1. The molecule has 0 bridgehead atoms. The first kappa shape index (κ1) is 24.5. The highest BCUT2D eigenvalue weighted by Gasteiger charge is 2.48. The number of piperidine rings is 1. The third kappa shape index (κ3) is 4.62. The molecular formula is C29H32N6O3. The molecule has 38 heavy (non-hydrogen) atoms. The van der Waals surface area contributed by atoms with Gasteiger partial charge in [0.05, 0.1) is 25.4 Å². The van der Waals surface area contributed by atoms with Gasteiger partial charge in [-0.25, -0.2) is 9.97 Å². The largest absolute Gasteiger partial charge is 0.495 e. The Labute approximate surface area is 222 Å². The molecule has 1 aliphatic carbocycles. The Morgan fingerprint density at radius 2 is 1.89 bits per heavy atom. The molecule has 2 aliphatic heterocycles. The van der Waals surface area contributed by atoms with Crippen molar-refractivity contribution in [3.8, 4) is 17.0 Å². The van der Waals surface area contributed by atoms with Gasteiger partial charge in [-0.05, 0) is 66.5 Å². The predicted octanol–water partition coefficient (Wildman–Crippen LogP) is 2.80. The van der Waals surface area contributed by atoms with E-state index in [9.17, 15) is 9.59 Å². The molecule has 9 heteroatoms. The van der Waals surface area contributed by atoms with E-state index in [0.717, 1.165) is 63.1 Å². The molecule has 0 radical (unpaired) electrons. The minimum Gasteiger partial charge on any atom is -0.495 e. The number of fused-ring (bicyclic) bond motifs is 1.